The molecule has 1 aliphatic rings. The van der Waals surface area contributed by atoms with Crippen molar-refractivity contribution in [2.24, 2.45) is 0 Å². The molecule has 75 valence electrons. The van der Waals surface area contributed by atoms with Gasteiger partial charge in [0.1, 0.15) is 0 Å². The van der Waals surface area contributed by atoms with E-state index in [1.54, 1.807) is 30.3 Å². The number of benzene rings is 1. The molecule has 2 rings (SSSR count). The SMILES string of the molecule is O=C(O)c1ccccc1.[O]C1CCC1. The molecule has 0 amide bonds. The molecule has 1 saturated carbocycles. The smallest absolute Gasteiger partial charge is 0.335 e. The van der Waals surface area contributed by atoms with Crippen molar-refractivity contribution >= 4 is 5.97 Å². The summed E-state index contributed by atoms with van der Waals surface area (Å²) in [4.78, 5) is 10.2. The molecule has 1 aromatic carbocycles. The number of aromatic carboxylic acids is 1. The quantitative estimate of drug-likeness (QED) is 0.744. The van der Waals surface area contributed by atoms with Crippen molar-refractivity contribution in [2.45, 2.75) is 25.4 Å². The van der Waals surface area contributed by atoms with Gasteiger partial charge in [-0.15, -0.1) is 0 Å². The zero-order valence-corrected chi connectivity index (χ0v) is 7.85. The van der Waals surface area contributed by atoms with E-state index in [-0.39, 0.29) is 6.10 Å². The van der Waals surface area contributed by atoms with Crippen LogP contribution in [0.25, 0.3) is 0 Å². The maximum absolute atomic E-state index is 10.2. The van der Waals surface area contributed by atoms with E-state index in [9.17, 15) is 9.90 Å². The van der Waals surface area contributed by atoms with Gasteiger partial charge in [-0.25, -0.2) is 9.90 Å². The third kappa shape index (κ3) is 3.58. The lowest BCUT2D eigenvalue weighted by atomic mass is 9.97. The first-order valence-electron chi connectivity index (χ1n) is 4.64. The van der Waals surface area contributed by atoms with Crippen LogP contribution in [0.5, 0.6) is 0 Å². The summed E-state index contributed by atoms with van der Waals surface area (Å²) in [6, 6.07) is 8.30. The first kappa shape index (κ1) is 10.7. The van der Waals surface area contributed by atoms with Crippen molar-refractivity contribution in [3.05, 3.63) is 35.9 Å². The summed E-state index contributed by atoms with van der Waals surface area (Å²) in [6.45, 7) is 0. The van der Waals surface area contributed by atoms with Crippen LogP contribution in [0, 0.1) is 0 Å². The Morgan fingerprint density at radius 3 is 1.93 bits per heavy atom. The van der Waals surface area contributed by atoms with Crippen LogP contribution in [0.3, 0.4) is 0 Å². The molecular formula is C11H13O3. The fraction of sp³-hybridized carbons (Fsp3) is 0.364. The Kier molecular flexibility index (Phi) is 4.13. The van der Waals surface area contributed by atoms with Crippen molar-refractivity contribution in [3.63, 3.8) is 0 Å². The molecule has 0 saturated heterocycles. The summed E-state index contributed by atoms with van der Waals surface area (Å²) in [5, 5.41) is 18.4. The molecule has 1 aromatic rings. The first-order chi connectivity index (χ1) is 6.70. The second kappa shape index (κ2) is 5.40. The Labute approximate surface area is 83.0 Å². The Hall–Kier alpha value is -1.35. The van der Waals surface area contributed by atoms with Gasteiger partial charge in [-0.05, 0) is 31.4 Å². The number of carboxylic acid groups (broad SMARTS) is 1. The average molecular weight is 193 g/mol. The van der Waals surface area contributed by atoms with E-state index in [1.165, 1.54) is 6.42 Å². The van der Waals surface area contributed by atoms with Gasteiger partial charge in [0.05, 0.1) is 11.7 Å². The number of carbonyl (C=O) groups is 1. The predicted molar refractivity (Wildman–Crippen MR) is 51.7 cm³/mol. The lowest BCUT2D eigenvalue weighted by Gasteiger charge is -2.14. The van der Waals surface area contributed by atoms with E-state index in [0.717, 1.165) is 12.8 Å². The minimum absolute atomic E-state index is 0.185. The van der Waals surface area contributed by atoms with Crippen LogP contribution in [-0.4, -0.2) is 17.2 Å². The maximum Gasteiger partial charge on any atom is 0.335 e. The van der Waals surface area contributed by atoms with Gasteiger partial charge < -0.3 is 5.11 Å². The van der Waals surface area contributed by atoms with Gasteiger partial charge in [0.15, 0.2) is 0 Å². The minimum atomic E-state index is -0.879. The monoisotopic (exact) mass is 193 g/mol. The molecule has 1 fully saturated rings. The molecule has 0 aromatic heterocycles. The fourth-order valence-corrected chi connectivity index (χ4v) is 0.952. The van der Waals surface area contributed by atoms with Crippen LogP contribution < -0.4 is 0 Å². The van der Waals surface area contributed by atoms with E-state index in [0.29, 0.717) is 5.56 Å². The molecule has 0 unspecified atom stereocenters. The van der Waals surface area contributed by atoms with E-state index in [4.69, 9.17) is 5.11 Å². The summed E-state index contributed by atoms with van der Waals surface area (Å²) in [5.74, 6) is -0.879. The van der Waals surface area contributed by atoms with Gasteiger partial charge in [-0.1, -0.05) is 18.2 Å². The number of hydrogen-bond acceptors (Lipinski definition) is 1. The lowest BCUT2D eigenvalue weighted by molar-refractivity contribution is 0.0253. The summed E-state index contributed by atoms with van der Waals surface area (Å²) in [7, 11) is 0. The molecule has 3 nitrogen and oxygen atoms in total. The number of rotatable bonds is 1. The standard InChI is InChI=1S/C7H6O2.C4H7O/c8-7(9)6-4-2-1-3-5-6;5-4-2-1-3-4/h1-5H,(H,8,9);4H,1-3H2. The summed E-state index contributed by atoms with van der Waals surface area (Å²) < 4.78 is 0. The Morgan fingerprint density at radius 1 is 1.21 bits per heavy atom. The second-order valence-electron chi connectivity index (χ2n) is 3.22. The molecular weight excluding hydrogens is 180 g/mol. The zero-order chi connectivity index (χ0) is 10.4. The van der Waals surface area contributed by atoms with Crippen molar-refractivity contribution < 1.29 is 15.0 Å². The molecule has 14 heavy (non-hydrogen) atoms. The molecule has 1 aliphatic carbocycles. The van der Waals surface area contributed by atoms with Gasteiger partial charge in [0.25, 0.3) is 0 Å². The molecule has 0 spiro atoms. The first-order valence-corrected chi connectivity index (χ1v) is 4.64. The highest BCUT2D eigenvalue weighted by atomic mass is 16.4. The molecule has 0 aliphatic heterocycles. The summed E-state index contributed by atoms with van der Waals surface area (Å²) in [5.41, 5.74) is 0.331. The van der Waals surface area contributed by atoms with Crippen molar-refractivity contribution in [2.75, 3.05) is 0 Å². The highest BCUT2D eigenvalue weighted by Crippen LogP contribution is 2.17. The van der Waals surface area contributed by atoms with Crippen LogP contribution in [0.2, 0.25) is 0 Å². The Morgan fingerprint density at radius 2 is 1.71 bits per heavy atom. The topological polar surface area (TPSA) is 57.2 Å². The molecule has 0 atom stereocenters. The van der Waals surface area contributed by atoms with E-state index in [2.05, 4.69) is 0 Å². The third-order valence-electron chi connectivity index (χ3n) is 2.07. The van der Waals surface area contributed by atoms with E-state index in [1.807, 2.05) is 0 Å². The molecule has 3 heteroatoms. The largest absolute Gasteiger partial charge is 0.478 e. The van der Waals surface area contributed by atoms with Gasteiger partial charge in [0, 0.05) is 0 Å². The Balaban J connectivity index is 0.000000165. The molecule has 1 N–H and O–H groups in total. The van der Waals surface area contributed by atoms with E-state index < -0.39 is 5.97 Å². The average Bonchev–Trinajstić information content (AvgIpc) is 2.17. The zero-order valence-electron chi connectivity index (χ0n) is 7.85. The van der Waals surface area contributed by atoms with Crippen LogP contribution in [0.15, 0.2) is 30.3 Å². The normalized spacial score (nSPS) is 14.9. The van der Waals surface area contributed by atoms with Crippen molar-refractivity contribution in [3.8, 4) is 0 Å². The van der Waals surface area contributed by atoms with Crippen LogP contribution in [0.1, 0.15) is 29.6 Å². The van der Waals surface area contributed by atoms with Crippen molar-refractivity contribution in [1.29, 1.82) is 0 Å². The van der Waals surface area contributed by atoms with Crippen LogP contribution in [0.4, 0.5) is 0 Å². The van der Waals surface area contributed by atoms with Crippen molar-refractivity contribution in [1.82, 2.24) is 0 Å². The van der Waals surface area contributed by atoms with Gasteiger partial charge in [-0.2, -0.15) is 0 Å². The van der Waals surface area contributed by atoms with Gasteiger partial charge in [0.2, 0.25) is 0 Å². The second-order valence-corrected chi connectivity index (χ2v) is 3.22. The number of carboxylic acids is 1. The van der Waals surface area contributed by atoms with Gasteiger partial charge >= 0.3 is 5.97 Å². The van der Waals surface area contributed by atoms with Crippen LogP contribution in [-0.2, 0) is 5.11 Å². The molecule has 0 bridgehead atoms. The van der Waals surface area contributed by atoms with Crippen LogP contribution >= 0.6 is 0 Å². The highest BCUT2D eigenvalue weighted by Gasteiger charge is 2.13. The highest BCUT2D eigenvalue weighted by molar-refractivity contribution is 5.87. The molecule has 0 heterocycles. The molecule has 1 radical (unpaired) electrons. The maximum atomic E-state index is 10.2. The number of hydrogen-bond donors (Lipinski definition) is 1. The van der Waals surface area contributed by atoms with Gasteiger partial charge in [-0.3, -0.25) is 0 Å². The van der Waals surface area contributed by atoms with E-state index >= 15 is 0 Å². The predicted octanol–water partition coefficient (Wildman–Crippen LogP) is 2.35. The lowest BCUT2D eigenvalue weighted by Crippen LogP contribution is -2.13. The summed E-state index contributed by atoms with van der Waals surface area (Å²) >= 11 is 0. The Bertz CT molecular complexity index is 278. The summed E-state index contributed by atoms with van der Waals surface area (Å²) in [6.07, 6.45) is 2.85. The third-order valence-corrected chi connectivity index (χ3v) is 2.07. The fourth-order valence-electron chi connectivity index (χ4n) is 0.952. The minimum Gasteiger partial charge on any atom is -0.478 e.